The monoisotopic (exact) mass is 370 g/mol. The number of imidazole rings is 1. The molecule has 0 fully saturated rings. The molecule has 0 aliphatic carbocycles. The van der Waals surface area contributed by atoms with Crippen LogP contribution < -0.4 is 0 Å². The summed E-state index contributed by atoms with van der Waals surface area (Å²) in [5.41, 5.74) is 5.43. The van der Waals surface area contributed by atoms with E-state index < -0.39 is 6.10 Å². The minimum atomic E-state index is -0.762. The average molecular weight is 370 g/mol. The van der Waals surface area contributed by atoms with Crippen LogP contribution in [-0.4, -0.2) is 14.7 Å². The molecule has 1 N–H and O–H groups in total. The van der Waals surface area contributed by atoms with Crippen LogP contribution in [0.15, 0.2) is 78.9 Å². The molecule has 1 unspecified atom stereocenters. The predicted molar refractivity (Wildman–Crippen MR) is 114 cm³/mol. The molecule has 28 heavy (non-hydrogen) atoms. The second kappa shape index (κ2) is 7.25. The summed E-state index contributed by atoms with van der Waals surface area (Å²) < 4.78 is 2.12. The molecule has 0 saturated carbocycles. The number of fused-ring (bicyclic) bond motifs is 1. The van der Waals surface area contributed by atoms with E-state index in [0.29, 0.717) is 12.4 Å². The minimum Gasteiger partial charge on any atom is -0.380 e. The molecule has 1 atom stereocenters. The molecular formula is C25H26N2O. The molecule has 3 nitrogen and oxygen atoms in total. The molecule has 3 aromatic carbocycles. The van der Waals surface area contributed by atoms with Gasteiger partial charge in [0.05, 0.1) is 11.0 Å². The quantitative estimate of drug-likeness (QED) is 0.518. The van der Waals surface area contributed by atoms with Crippen molar-refractivity contribution >= 4 is 11.0 Å². The van der Waals surface area contributed by atoms with Crippen molar-refractivity contribution in [1.82, 2.24) is 9.55 Å². The average Bonchev–Trinajstić information content (AvgIpc) is 3.06. The molecule has 4 rings (SSSR count). The molecule has 0 amide bonds. The Kier molecular flexibility index (Phi) is 4.78. The maximum atomic E-state index is 11.0. The Morgan fingerprint density at radius 1 is 0.857 bits per heavy atom. The molecule has 1 heterocycles. The molecule has 142 valence electrons. The zero-order valence-electron chi connectivity index (χ0n) is 16.6. The Balaban J connectivity index is 1.75. The van der Waals surface area contributed by atoms with Crippen molar-refractivity contribution in [3.05, 3.63) is 101 Å². The minimum absolute atomic E-state index is 0.134. The normalized spacial score (nSPS) is 13.0. The summed E-state index contributed by atoms with van der Waals surface area (Å²) in [5.74, 6) is 0.673. The van der Waals surface area contributed by atoms with Gasteiger partial charge in [-0.2, -0.15) is 0 Å². The Morgan fingerprint density at radius 2 is 1.50 bits per heavy atom. The van der Waals surface area contributed by atoms with Gasteiger partial charge in [-0.1, -0.05) is 87.5 Å². The van der Waals surface area contributed by atoms with Gasteiger partial charge in [-0.3, -0.25) is 0 Å². The van der Waals surface area contributed by atoms with E-state index in [2.05, 4.69) is 55.7 Å². The first-order valence-electron chi connectivity index (χ1n) is 9.71. The van der Waals surface area contributed by atoms with Crippen LogP contribution in [-0.2, 0) is 12.0 Å². The van der Waals surface area contributed by atoms with E-state index in [4.69, 9.17) is 4.98 Å². The molecule has 0 radical (unpaired) electrons. The van der Waals surface area contributed by atoms with Crippen molar-refractivity contribution in [2.75, 3.05) is 0 Å². The summed E-state index contributed by atoms with van der Waals surface area (Å²) in [4.78, 5) is 4.75. The predicted octanol–water partition coefficient (Wildman–Crippen LogP) is 5.46. The highest BCUT2D eigenvalue weighted by molar-refractivity contribution is 5.76. The standard InChI is InChI=1S/C25H26N2O/c1-25(2,3)20-15-13-18(14-16-20)17-27-22-12-8-7-11-21(22)26-24(27)23(28)19-9-5-4-6-10-19/h4-16,23,28H,17H2,1-3H3. The SMILES string of the molecule is CC(C)(C)c1ccc(Cn2c(C(O)c3ccccc3)nc3ccccc32)cc1. The third-order valence-electron chi connectivity index (χ3n) is 5.20. The van der Waals surface area contributed by atoms with E-state index in [1.807, 2.05) is 48.5 Å². The molecule has 1 aromatic heterocycles. The van der Waals surface area contributed by atoms with E-state index in [-0.39, 0.29) is 5.41 Å². The number of aromatic nitrogens is 2. The second-order valence-corrected chi connectivity index (χ2v) is 8.31. The number of hydrogen-bond acceptors (Lipinski definition) is 2. The summed E-state index contributed by atoms with van der Waals surface area (Å²) >= 11 is 0. The van der Waals surface area contributed by atoms with Crippen molar-refractivity contribution in [3.8, 4) is 0 Å². The number of para-hydroxylation sites is 2. The third-order valence-corrected chi connectivity index (χ3v) is 5.20. The van der Waals surface area contributed by atoms with Crippen LogP contribution in [0.3, 0.4) is 0 Å². The summed E-state index contributed by atoms with van der Waals surface area (Å²) in [6.45, 7) is 7.34. The fourth-order valence-corrected chi connectivity index (χ4v) is 3.55. The van der Waals surface area contributed by atoms with Gasteiger partial charge in [-0.05, 0) is 34.2 Å². The third kappa shape index (κ3) is 3.58. The second-order valence-electron chi connectivity index (χ2n) is 8.31. The first-order chi connectivity index (χ1) is 13.4. The molecule has 0 saturated heterocycles. The number of rotatable bonds is 4. The van der Waals surface area contributed by atoms with Crippen LogP contribution in [0.5, 0.6) is 0 Å². The highest BCUT2D eigenvalue weighted by Crippen LogP contribution is 2.27. The van der Waals surface area contributed by atoms with Crippen molar-refractivity contribution in [2.24, 2.45) is 0 Å². The van der Waals surface area contributed by atoms with Crippen LogP contribution in [0, 0.1) is 0 Å². The fourth-order valence-electron chi connectivity index (χ4n) is 3.55. The van der Waals surface area contributed by atoms with Crippen LogP contribution in [0.2, 0.25) is 0 Å². The van der Waals surface area contributed by atoms with Crippen molar-refractivity contribution < 1.29 is 5.11 Å². The van der Waals surface area contributed by atoms with Crippen LogP contribution in [0.1, 0.15) is 49.4 Å². The Morgan fingerprint density at radius 3 is 2.18 bits per heavy atom. The number of benzene rings is 3. The molecule has 0 spiro atoms. The molecular weight excluding hydrogens is 344 g/mol. The van der Waals surface area contributed by atoms with E-state index in [1.165, 1.54) is 11.1 Å². The van der Waals surface area contributed by atoms with E-state index in [1.54, 1.807) is 0 Å². The molecule has 0 bridgehead atoms. The first kappa shape index (κ1) is 18.5. The van der Waals surface area contributed by atoms with Gasteiger partial charge in [-0.25, -0.2) is 4.98 Å². The van der Waals surface area contributed by atoms with Crippen molar-refractivity contribution in [2.45, 2.75) is 38.8 Å². The van der Waals surface area contributed by atoms with Crippen molar-refractivity contribution in [3.63, 3.8) is 0 Å². The van der Waals surface area contributed by atoms with Gasteiger partial charge >= 0.3 is 0 Å². The number of aliphatic hydroxyl groups excluding tert-OH is 1. The van der Waals surface area contributed by atoms with Gasteiger partial charge < -0.3 is 9.67 Å². The molecule has 4 aromatic rings. The summed E-state index contributed by atoms with van der Waals surface area (Å²) in [6, 6.07) is 26.5. The van der Waals surface area contributed by atoms with E-state index in [0.717, 1.165) is 16.6 Å². The highest BCUT2D eigenvalue weighted by atomic mass is 16.3. The maximum Gasteiger partial charge on any atom is 0.143 e. The van der Waals surface area contributed by atoms with E-state index >= 15 is 0 Å². The van der Waals surface area contributed by atoms with E-state index in [9.17, 15) is 5.11 Å². The van der Waals surface area contributed by atoms with Gasteiger partial charge in [-0.15, -0.1) is 0 Å². The van der Waals surface area contributed by atoms with Crippen LogP contribution in [0.4, 0.5) is 0 Å². The first-order valence-corrected chi connectivity index (χ1v) is 9.71. The molecule has 0 aliphatic rings. The number of nitrogens with zero attached hydrogens (tertiary/aromatic N) is 2. The lowest BCUT2D eigenvalue weighted by atomic mass is 9.87. The Hall–Kier alpha value is -2.91. The molecule has 3 heteroatoms. The van der Waals surface area contributed by atoms with Gasteiger partial charge in [0, 0.05) is 6.54 Å². The van der Waals surface area contributed by atoms with Crippen LogP contribution in [0.25, 0.3) is 11.0 Å². The fraction of sp³-hybridized carbons (Fsp3) is 0.240. The Bertz CT molecular complexity index is 1070. The highest BCUT2D eigenvalue weighted by Gasteiger charge is 2.20. The lowest BCUT2D eigenvalue weighted by Crippen LogP contribution is -2.12. The number of aliphatic hydroxyl groups is 1. The summed E-state index contributed by atoms with van der Waals surface area (Å²) in [5, 5.41) is 11.0. The topological polar surface area (TPSA) is 38.0 Å². The largest absolute Gasteiger partial charge is 0.380 e. The van der Waals surface area contributed by atoms with Gasteiger partial charge in [0.15, 0.2) is 0 Å². The number of hydrogen-bond donors (Lipinski definition) is 1. The smallest absolute Gasteiger partial charge is 0.143 e. The van der Waals surface area contributed by atoms with Gasteiger partial charge in [0.25, 0.3) is 0 Å². The maximum absolute atomic E-state index is 11.0. The summed E-state index contributed by atoms with van der Waals surface area (Å²) in [6.07, 6.45) is -0.762. The zero-order chi connectivity index (χ0) is 19.7. The lowest BCUT2D eigenvalue weighted by molar-refractivity contribution is 0.206. The lowest BCUT2D eigenvalue weighted by Gasteiger charge is -2.19. The van der Waals surface area contributed by atoms with Gasteiger partial charge in [0.1, 0.15) is 11.9 Å². The molecule has 0 aliphatic heterocycles. The summed E-state index contributed by atoms with van der Waals surface area (Å²) in [7, 11) is 0. The van der Waals surface area contributed by atoms with Crippen LogP contribution >= 0.6 is 0 Å². The van der Waals surface area contributed by atoms with Crippen molar-refractivity contribution in [1.29, 1.82) is 0 Å². The van der Waals surface area contributed by atoms with Gasteiger partial charge in [0.2, 0.25) is 0 Å². The zero-order valence-corrected chi connectivity index (χ0v) is 16.6. The Labute approximate surface area is 166 Å².